The van der Waals surface area contributed by atoms with Crippen LogP contribution in [0.5, 0.6) is 5.75 Å². The summed E-state index contributed by atoms with van der Waals surface area (Å²) in [7, 11) is 0. The molecule has 0 spiro atoms. The molecule has 0 aliphatic carbocycles. The summed E-state index contributed by atoms with van der Waals surface area (Å²) < 4.78 is 5.40. The maximum atomic E-state index is 9.78. The molecular formula is C17H17N7O2. The average Bonchev–Trinajstić information content (AvgIpc) is 2.69. The first-order valence-electron chi connectivity index (χ1n) is 8.15. The Kier molecular flexibility index (Phi) is 4.28. The third kappa shape index (κ3) is 3.38. The molecule has 9 heteroatoms. The molecule has 0 radical (unpaired) electrons. The normalized spacial score (nSPS) is 14.4. The predicted octanol–water partition coefficient (Wildman–Crippen LogP) is 1.12. The molecule has 1 aliphatic rings. The molecule has 0 unspecified atom stereocenters. The molecule has 1 fully saturated rings. The molecule has 1 saturated heterocycles. The zero-order valence-corrected chi connectivity index (χ0v) is 13.9. The Hall–Kier alpha value is -3.33. The zero-order valence-electron chi connectivity index (χ0n) is 13.9. The van der Waals surface area contributed by atoms with Crippen LogP contribution in [0.4, 0.5) is 11.9 Å². The van der Waals surface area contributed by atoms with Crippen LogP contribution >= 0.6 is 0 Å². The second kappa shape index (κ2) is 6.89. The fraction of sp³-hybridized carbons (Fsp3) is 0.235. The van der Waals surface area contributed by atoms with Gasteiger partial charge in [0.15, 0.2) is 11.6 Å². The topological polar surface area (TPSA) is 123 Å². The molecule has 3 N–H and O–H groups in total. The number of hydrogen-bond acceptors (Lipinski definition) is 9. The first kappa shape index (κ1) is 16.2. The van der Waals surface area contributed by atoms with Crippen LogP contribution in [0.1, 0.15) is 0 Å². The minimum atomic E-state index is 0.146. The number of hydrogen-bond donors (Lipinski definition) is 2. The number of ether oxygens (including phenoxy) is 1. The Morgan fingerprint density at radius 2 is 1.65 bits per heavy atom. The molecule has 3 heterocycles. The first-order valence-corrected chi connectivity index (χ1v) is 8.15. The Bertz CT molecular complexity index is 911. The largest absolute Gasteiger partial charge is 0.508 e. The number of nitrogens with two attached hydrogens (primary N) is 1. The van der Waals surface area contributed by atoms with E-state index in [-0.39, 0.29) is 11.7 Å². The van der Waals surface area contributed by atoms with Gasteiger partial charge in [-0.1, -0.05) is 12.1 Å². The SMILES string of the molecule is Nc1ncc(-c2nc(-c3cccc(O)c3)nc(N3CCOCC3)n2)cn1. The molecule has 0 bridgehead atoms. The van der Waals surface area contributed by atoms with E-state index in [4.69, 9.17) is 10.5 Å². The molecule has 9 nitrogen and oxygen atoms in total. The number of aromatic hydroxyl groups is 1. The van der Waals surface area contributed by atoms with Gasteiger partial charge in [-0.3, -0.25) is 0 Å². The molecular weight excluding hydrogens is 334 g/mol. The smallest absolute Gasteiger partial charge is 0.229 e. The fourth-order valence-electron chi connectivity index (χ4n) is 2.63. The summed E-state index contributed by atoms with van der Waals surface area (Å²) in [5.74, 6) is 1.79. The van der Waals surface area contributed by atoms with Crippen molar-refractivity contribution in [2.24, 2.45) is 0 Å². The van der Waals surface area contributed by atoms with Crippen molar-refractivity contribution in [1.82, 2.24) is 24.9 Å². The van der Waals surface area contributed by atoms with Crippen molar-refractivity contribution in [2.45, 2.75) is 0 Å². The summed E-state index contributed by atoms with van der Waals surface area (Å²) in [5.41, 5.74) is 6.89. The zero-order chi connectivity index (χ0) is 17.9. The Balaban J connectivity index is 1.82. The molecule has 1 aliphatic heterocycles. The van der Waals surface area contributed by atoms with Crippen molar-refractivity contribution >= 4 is 11.9 Å². The van der Waals surface area contributed by atoms with E-state index in [0.29, 0.717) is 55.0 Å². The number of nitrogens with zero attached hydrogens (tertiary/aromatic N) is 6. The van der Waals surface area contributed by atoms with Gasteiger partial charge in [0.05, 0.1) is 18.8 Å². The predicted molar refractivity (Wildman–Crippen MR) is 95.4 cm³/mol. The molecule has 1 aromatic carbocycles. The van der Waals surface area contributed by atoms with Crippen molar-refractivity contribution in [3.63, 3.8) is 0 Å². The highest BCUT2D eigenvalue weighted by molar-refractivity contribution is 5.63. The summed E-state index contributed by atoms with van der Waals surface area (Å²) >= 11 is 0. The third-order valence-corrected chi connectivity index (χ3v) is 3.95. The summed E-state index contributed by atoms with van der Waals surface area (Å²) in [6.07, 6.45) is 3.15. The molecule has 0 saturated carbocycles. The highest BCUT2D eigenvalue weighted by Gasteiger charge is 2.18. The third-order valence-electron chi connectivity index (χ3n) is 3.95. The van der Waals surface area contributed by atoms with Gasteiger partial charge in [-0.05, 0) is 12.1 Å². The lowest BCUT2D eigenvalue weighted by molar-refractivity contribution is 0.122. The van der Waals surface area contributed by atoms with Crippen LogP contribution in [0.25, 0.3) is 22.8 Å². The lowest BCUT2D eigenvalue weighted by Crippen LogP contribution is -2.37. The van der Waals surface area contributed by atoms with E-state index in [1.165, 1.54) is 0 Å². The second-order valence-corrected chi connectivity index (χ2v) is 5.76. The van der Waals surface area contributed by atoms with Crippen molar-refractivity contribution in [3.05, 3.63) is 36.7 Å². The fourth-order valence-corrected chi connectivity index (χ4v) is 2.63. The van der Waals surface area contributed by atoms with Gasteiger partial charge in [0.2, 0.25) is 11.9 Å². The van der Waals surface area contributed by atoms with Crippen LogP contribution in [0.2, 0.25) is 0 Å². The van der Waals surface area contributed by atoms with Gasteiger partial charge in [-0.2, -0.15) is 9.97 Å². The van der Waals surface area contributed by atoms with Crippen LogP contribution in [-0.4, -0.2) is 56.3 Å². The number of benzene rings is 1. The van der Waals surface area contributed by atoms with Gasteiger partial charge in [0.25, 0.3) is 0 Å². The highest BCUT2D eigenvalue weighted by atomic mass is 16.5. The molecule has 2 aromatic heterocycles. The minimum Gasteiger partial charge on any atom is -0.508 e. The van der Waals surface area contributed by atoms with Crippen LogP contribution in [0.3, 0.4) is 0 Å². The van der Waals surface area contributed by atoms with Gasteiger partial charge in [0.1, 0.15) is 5.75 Å². The number of morpholine rings is 1. The van der Waals surface area contributed by atoms with Gasteiger partial charge in [0, 0.05) is 31.0 Å². The van der Waals surface area contributed by atoms with Crippen LogP contribution < -0.4 is 10.6 Å². The number of anilines is 2. The van der Waals surface area contributed by atoms with Crippen molar-refractivity contribution in [2.75, 3.05) is 36.9 Å². The Morgan fingerprint density at radius 3 is 2.35 bits per heavy atom. The summed E-state index contributed by atoms with van der Waals surface area (Å²) in [6, 6.07) is 6.79. The van der Waals surface area contributed by atoms with Crippen molar-refractivity contribution in [1.29, 1.82) is 0 Å². The molecule has 132 valence electrons. The number of aromatic nitrogens is 5. The summed E-state index contributed by atoms with van der Waals surface area (Å²) in [5, 5.41) is 9.78. The summed E-state index contributed by atoms with van der Waals surface area (Å²) in [4.78, 5) is 23.7. The maximum Gasteiger partial charge on any atom is 0.229 e. The lowest BCUT2D eigenvalue weighted by Gasteiger charge is -2.27. The van der Waals surface area contributed by atoms with E-state index < -0.39 is 0 Å². The van der Waals surface area contributed by atoms with Crippen LogP contribution in [-0.2, 0) is 4.74 Å². The van der Waals surface area contributed by atoms with Crippen molar-refractivity contribution in [3.8, 4) is 28.5 Å². The molecule has 0 atom stereocenters. The standard InChI is InChI=1S/C17H17N7O2/c18-16-19-9-12(10-20-16)15-21-14(11-2-1-3-13(25)8-11)22-17(23-15)24-4-6-26-7-5-24/h1-3,8-10,25H,4-7H2,(H2,18,19,20). The van der Waals surface area contributed by atoms with Gasteiger partial charge in [-0.25, -0.2) is 15.0 Å². The first-order chi connectivity index (χ1) is 12.7. The lowest BCUT2D eigenvalue weighted by atomic mass is 10.2. The number of phenolic OH excluding ortho intramolecular Hbond substituents is 1. The molecule has 3 aromatic rings. The summed E-state index contributed by atoms with van der Waals surface area (Å²) in [6.45, 7) is 2.63. The van der Waals surface area contributed by atoms with E-state index >= 15 is 0 Å². The average molecular weight is 351 g/mol. The Labute approximate surface area is 149 Å². The molecule has 0 amide bonds. The van der Waals surface area contributed by atoms with Crippen molar-refractivity contribution < 1.29 is 9.84 Å². The van der Waals surface area contributed by atoms with E-state index in [0.717, 1.165) is 0 Å². The Morgan fingerprint density at radius 1 is 0.962 bits per heavy atom. The van der Waals surface area contributed by atoms with Gasteiger partial charge in [-0.15, -0.1) is 0 Å². The second-order valence-electron chi connectivity index (χ2n) is 5.76. The molecule has 4 rings (SSSR count). The molecule has 26 heavy (non-hydrogen) atoms. The maximum absolute atomic E-state index is 9.78. The number of phenols is 1. The van der Waals surface area contributed by atoms with Gasteiger partial charge >= 0.3 is 0 Å². The van der Waals surface area contributed by atoms with Crippen LogP contribution in [0.15, 0.2) is 36.7 Å². The minimum absolute atomic E-state index is 0.146. The highest BCUT2D eigenvalue weighted by Crippen LogP contribution is 2.25. The number of rotatable bonds is 3. The van der Waals surface area contributed by atoms with E-state index in [1.807, 2.05) is 11.0 Å². The van der Waals surface area contributed by atoms with Crippen LogP contribution in [0, 0.1) is 0 Å². The van der Waals surface area contributed by atoms with E-state index in [9.17, 15) is 5.11 Å². The van der Waals surface area contributed by atoms with E-state index in [1.54, 1.807) is 30.6 Å². The quantitative estimate of drug-likeness (QED) is 0.714. The number of nitrogen functional groups attached to an aromatic ring is 1. The monoisotopic (exact) mass is 351 g/mol. The van der Waals surface area contributed by atoms with Gasteiger partial charge < -0.3 is 20.5 Å². The van der Waals surface area contributed by atoms with E-state index in [2.05, 4.69) is 24.9 Å².